The molecule has 2 aromatic rings. The topological polar surface area (TPSA) is 65.2 Å². The van der Waals surface area contributed by atoms with Gasteiger partial charge in [-0.05, 0) is 18.9 Å². The van der Waals surface area contributed by atoms with Crippen LogP contribution in [0.5, 0.6) is 0 Å². The maximum Gasteiger partial charge on any atom is 0.251 e. The van der Waals surface area contributed by atoms with Gasteiger partial charge in [-0.1, -0.05) is 0 Å². The van der Waals surface area contributed by atoms with E-state index in [1.807, 2.05) is 28.0 Å². The SMILES string of the molecule is O=C([C@@H]1CCCO1)N1CCc2ncc(Cn3cccn3)n2CC1. The second-order valence-electron chi connectivity index (χ2n) is 6.10. The zero-order valence-electron chi connectivity index (χ0n) is 13.1. The van der Waals surface area contributed by atoms with Gasteiger partial charge in [-0.3, -0.25) is 9.48 Å². The highest BCUT2D eigenvalue weighted by molar-refractivity contribution is 5.81. The van der Waals surface area contributed by atoms with Crippen LogP contribution in [0, 0.1) is 0 Å². The average molecular weight is 315 g/mol. The quantitative estimate of drug-likeness (QED) is 0.836. The summed E-state index contributed by atoms with van der Waals surface area (Å²) in [4.78, 5) is 19.0. The molecule has 122 valence electrons. The summed E-state index contributed by atoms with van der Waals surface area (Å²) < 4.78 is 9.66. The summed E-state index contributed by atoms with van der Waals surface area (Å²) in [6.45, 7) is 3.63. The number of nitrogens with zero attached hydrogens (tertiary/aromatic N) is 5. The Hall–Kier alpha value is -2.15. The van der Waals surface area contributed by atoms with E-state index in [1.165, 1.54) is 0 Å². The Kier molecular flexibility index (Phi) is 3.87. The molecule has 0 aromatic carbocycles. The first-order valence-corrected chi connectivity index (χ1v) is 8.22. The molecule has 4 heterocycles. The lowest BCUT2D eigenvalue weighted by Crippen LogP contribution is -2.40. The first kappa shape index (κ1) is 14.4. The van der Waals surface area contributed by atoms with Crippen molar-refractivity contribution in [2.75, 3.05) is 19.7 Å². The van der Waals surface area contributed by atoms with Gasteiger partial charge < -0.3 is 14.2 Å². The molecule has 0 unspecified atom stereocenters. The fourth-order valence-electron chi connectivity index (χ4n) is 3.38. The number of carbonyl (C=O) groups excluding carboxylic acids is 1. The number of imidazole rings is 1. The van der Waals surface area contributed by atoms with E-state index in [-0.39, 0.29) is 12.0 Å². The van der Waals surface area contributed by atoms with Crippen molar-refractivity contribution in [3.8, 4) is 0 Å². The van der Waals surface area contributed by atoms with Gasteiger partial charge in [0.2, 0.25) is 0 Å². The molecule has 0 spiro atoms. The van der Waals surface area contributed by atoms with Crippen molar-refractivity contribution in [2.24, 2.45) is 0 Å². The molecule has 23 heavy (non-hydrogen) atoms. The summed E-state index contributed by atoms with van der Waals surface area (Å²) >= 11 is 0. The molecule has 0 saturated carbocycles. The molecular formula is C16H21N5O2. The van der Waals surface area contributed by atoms with E-state index < -0.39 is 0 Å². The molecule has 1 fully saturated rings. The molecule has 0 N–H and O–H groups in total. The van der Waals surface area contributed by atoms with Gasteiger partial charge in [0.15, 0.2) is 0 Å². The second kappa shape index (κ2) is 6.16. The van der Waals surface area contributed by atoms with Crippen molar-refractivity contribution in [3.63, 3.8) is 0 Å². The summed E-state index contributed by atoms with van der Waals surface area (Å²) in [7, 11) is 0. The minimum Gasteiger partial charge on any atom is -0.368 e. The summed E-state index contributed by atoms with van der Waals surface area (Å²) in [6.07, 6.45) is 8.05. The van der Waals surface area contributed by atoms with E-state index in [4.69, 9.17) is 4.74 Å². The molecule has 7 heteroatoms. The average Bonchev–Trinajstić information content (AvgIpc) is 3.29. The minimum atomic E-state index is -0.232. The molecule has 1 atom stereocenters. The van der Waals surface area contributed by atoms with Crippen LogP contribution in [0.1, 0.15) is 24.4 Å². The Bertz CT molecular complexity index is 673. The van der Waals surface area contributed by atoms with E-state index in [1.54, 1.807) is 6.20 Å². The maximum atomic E-state index is 12.5. The van der Waals surface area contributed by atoms with E-state index in [2.05, 4.69) is 14.6 Å². The van der Waals surface area contributed by atoms with E-state index >= 15 is 0 Å². The van der Waals surface area contributed by atoms with E-state index in [0.29, 0.717) is 19.7 Å². The standard InChI is InChI=1S/C16H21N5O2/c22-16(14-3-1-10-23-14)19-7-4-15-17-11-13(21(15)9-8-19)12-20-6-2-5-18-20/h2,5-6,11,14H,1,3-4,7-10,12H2/t14-/m0/s1. The molecule has 2 aromatic heterocycles. The lowest BCUT2D eigenvalue weighted by atomic mass is 10.2. The van der Waals surface area contributed by atoms with Crippen molar-refractivity contribution in [1.29, 1.82) is 0 Å². The highest BCUT2D eigenvalue weighted by Gasteiger charge is 2.29. The number of hydrogen-bond donors (Lipinski definition) is 0. The van der Waals surface area contributed by atoms with E-state index in [0.717, 1.165) is 43.9 Å². The van der Waals surface area contributed by atoms with Gasteiger partial charge in [-0.15, -0.1) is 0 Å². The third-order valence-electron chi connectivity index (χ3n) is 4.62. The Morgan fingerprint density at radius 3 is 3.09 bits per heavy atom. The van der Waals surface area contributed by atoms with Crippen LogP contribution in [-0.4, -0.2) is 55.9 Å². The fourth-order valence-corrected chi connectivity index (χ4v) is 3.38. The van der Waals surface area contributed by atoms with Crippen molar-refractivity contribution >= 4 is 5.91 Å². The third-order valence-corrected chi connectivity index (χ3v) is 4.62. The molecule has 0 aliphatic carbocycles. The fraction of sp³-hybridized carbons (Fsp3) is 0.562. The van der Waals surface area contributed by atoms with Gasteiger partial charge in [-0.2, -0.15) is 5.10 Å². The Morgan fingerprint density at radius 1 is 1.35 bits per heavy atom. The second-order valence-corrected chi connectivity index (χ2v) is 6.10. The number of aromatic nitrogens is 4. The smallest absolute Gasteiger partial charge is 0.251 e. The highest BCUT2D eigenvalue weighted by Crippen LogP contribution is 2.18. The van der Waals surface area contributed by atoms with Crippen molar-refractivity contribution in [2.45, 2.75) is 38.5 Å². The van der Waals surface area contributed by atoms with Crippen molar-refractivity contribution in [3.05, 3.63) is 36.2 Å². The van der Waals surface area contributed by atoms with Crippen LogP contribution in [0.4, 0.5) is 0 Å². The molecule has 1 amide bonds. The lowest BCUT2D eigenvalue weighted by molar-refractivity contribution is -0.140. The number of fused-ring (bicyclic) bond motifs is 1. The molecule has 2 aliphatic heterocycles. The Morgan fingerprint density at radius 2 is 2.30 bits per heavy atom. The third kappa shape index (κ3) is 2.88. The lowest BCUT2D eigenvalue weighted by Gasteiger charge is -2.23. The van der Waals surface area contributed by atoms with Gasteiger partial charge in [0.1, 0.15) is 11.9 Å². The van der Waals surface area contributed by atoms with Gasteiger partial charge in [0.05, 0.1) is 18.4 Å². The Labute approximate surface area is 134 Å². The molecule has 7 nitrogen and oxygen atoms in total. The molecule has 4 rings (SSSR count). The first-order chi connectivity index (χ1) is 11.3. The largest absolute Gasteiger partial charge is 0.368 e. The number of carbonyl (C=O) groups is 1. The highest BCUT2D eigenvalue weighted by atomic mass is 16.5. The van der Waals surface area contributed by atoms with Crippen LogP contribution < -0.4 is 0 Å². The predicted octanol–water partition coefficient (Wildman–Crippen LogP) is 0.692. The summed E-state index contributed by atoms with van der Waals surface area (Å²) in [5, 5.41) is 4.25. The molecule has 2 aliphatic rings. The normalized spacial score (nSPS) is 21.2. The van der Waals surface area contributed by atoms with Crippen LogP contribution in [0.15, 0.2) is 24.7 Å². The molecular weight excluding hydrogens is 294 g/mol. The van der Waals surface area contributed by atoms with Crippen LogP contribution >= 0.6 is 0 Å². The van der Waals surface area contributed by atoms with Gasteiger partial charge >= 0.3 is 0 Å². The summed E-state index contributed by atoms with van der Waals surface area (Å²) in [5.41, 5.74) is 1.13. The minimum absolute atomic E-state index is 0.141. The van der Waals surface area contributed by atoms with Crippen molar-refractivity contribution in [1.82, 2.24) is 24.2 Å². The molecule has 0 bridgehead atoms. The zero-order valence-corrected chi connectivity index (χ0v) is 13.1. The Balaban J connectivity index is 1.46. The number of amides is 1. The molecule has 0 radical (unpaired) electrons. The zero-order chi connectivity index (χ0) is 15.6. The number of ether oxygens (including phenoxy) is 1. The van der Waals surface area contributed by atoms with Crippen LogP contribution in [0.2, 0.25) is 0 Å². The monoisotopic (exact) mass is 315 g/mol. The first-order valence-electron chi connectivity index (χ1n) is 8.22. The summed E-state index contributed by atoms with van der Waals surface area (Å²) in [6, 6.07) is 1.92. The van der Waals surface area contributed by atoms with E-state index in [9.17, 15) is 4.79 Å². The van der Waals surface area contributed by atoms with Crippen molar-refractivity contribution < 1.29 is 9.53 Å². The molecule has 1 saturated heterocycles. The number of rotatable bonds is 3. The maximum absolute atomic E-state index is 12.5. The van der Waals surface area contributed by atoms with Crippen LogP contribution in [0.3, 0.4) is 0 Å². The van der Waals surface area contributed by atoms with Crippen LogP contribution in [0.25, 0.3) is 0 Å². The summed E-state index contributed by atoms with van der Waals surface area (Å²) in [5.74, 6) is 1.19. The van der Waals surface area contributed by atoms with Gasteiger partial charge in [0.25, 0.3) is 5.91 Å². The number of hydrogen-bond acceptors (Lipinski definition) is 4. The van der Waals surface area contributed by atoms with Crippen LogP contribution in [-0.2, 0) is 29.0 Å². The van der Waals surface area contributed by atoms with Gasteiger partial charge in [-0.25, -0.2) is 4.98 Å². The van der Waals surface area contributed by atoms with Gasteiger partial charge in [0, 0.05) is 45.1 Å². The predicted molar refractivity (Wildman–Crippen MR) is 82.8 cm³/mol.